The van der Waals surface area contributed by atoms with Crippen LogP contribution in [0.5, 0.6) is 0 Å². The van der Waals surface area contributed by atoms with Crippen LogP contribution in [0, 0.1) is 6.92 Å². The fourth-order valence-corrected chi connectivity index (χ4v) is 2.62. The van der Waals surface area contributed by atoms with Crippen LogP contribution in [0.25, 0.3) is 11.4 Å². The molecule has 0 radical (unpaired) electrons. The van der Waals surface area contributed by atoms with Crippen LogP contribution in [-0.2, 0) is 11.3 Å². The number of anilines is 1. The van der Waals surface area contributed by atoms with Gasteiger partial charge in [0.15, 0.2) is 11.6 Å². The Bertz CT molecular complexity index is 967. The predicted molar refractivity (Wildman–Crippen MR) is 87.9 cm³/mol. The number of hydrogen-bond acceptors (Lipinski definition) is 6. The van der Waals surface area contributed by atoms with Crippen molar-refractivity contribution in [2.24, 2.45) is 0 Å². The van der Waals surface area contributed by atoms with Crippen LogP contribution < -0.4 is 11.0 Å². The third-order valence-electron chi connectivity index (χ3n) is 3.89. The summed E-state index contributed by atoms with van der Waals surface area (Å²) in [5, 5.41) is 10.6. The third-order valence-corrected chi connectivity index (χ3v) is 3.89. The average Bonchev–Trinajstić information content (AvgIpc) is 3.28. The minimum atomic E-state index is -0.395. The molecule has 4 rings (SSSR count). The number of aryl methyl sites for hydroxylation is 1. The maximum absolute atomic E-state index is 12.7. The van der Waals surface area contributed by atoms with Gasteiger partial charge in [-0.25, -0.2) is 9.48 Å². The molecule has 3 aromatic rings. The van der Waals surface area contributed by atoms with E-state index in [2.05, 4.69) is 20.6 Å². The third kappa shape index (κ3) is 3.08. The topological polar surface area (TPSA) is 108 Å². The lowest BCUT2D eigenvalue weighted by Gasteiger charge is -2.02. The largest absolute Gasteiger partial charge is 0.360 e. The molecule has 1 saturated carbocycles. The zero-order valence-electron chi connectivity index (χ0n) is 13.5. The van der Waals surface area contributed by atoms with Crippen LogP contribution in [0.3, 0.4) is 0 Å². The summed E-state index contributed by atoms with van der Waals surface area (Å²) in [5.41, 5.74) is 0.450. The van der Waals surface area contributed by atoms with Gasteiger partial charge in [0, 0.05) is 30.1 Å². The molecule has 25 heavy (non-hydrogen) atoms. The van der Waals surface area contributed by atoms with Gasteiger partial charge in [-0.3, -0.25) is 14.3 Å². The summed E-state index contributed by atoms with van der Waals surface area (Å²) in [4.78, 5) is 28.9. The highest BCUT2D eigenvalue weighted by atomic mass is 16.5. The molecular formula is C16H16N6O3. The Hall–Kier alpha value is -3.23. The SMILES string of the molecule is Cc1cc(NC(=O)Cn2nc(-c3cccnc3)n(C3CC3)c2=O)no1. The van der Waals surface area contributed by atoms with Crippen LogP contribution in [-0.4, -0.2) is 30.4 Å². The summed E-state index contributed by atoms with van der Waals surface area (Å²) in [7, 11) is 0. The number of nitrogens with one attached hydrogen (secondary N) is 1. The van der Waals surface area contributed by atoms with Crippen molar-refractivity contribution in [3.05, 3.63) is 46.8 Å². The van der Waals surface area contributed by atoms with Crippen LogP contribution in [0.4, 0.5) is 5.82 Å². The van der Waals surface area contributed by atoms with Gasteiger partial charge in [0.1, 0.15) is 12.3 Å². The van der Waals surface area contributed by atoms with Gasteiger partial charge in [-0.15, -0.1) is 5.10 Å². The van der Waals surface area contributed by atoms with Crippen molar-refractivity contribution in [2.75, 3.05) is 5.32 Å². The minimum Gasteiger partial charge on any atom is -0.360 e. The molecule has 0 spiro atoms. The van der Waals surface area contributed by atoms with E-state index >= 15 is 0 Å². The normalized spacial score (nSPS) is 13.8. The molecule has 1 fully saturated rings. The fraction of sp³-hybridized carbons (Fsp3) is 0.312. The van der Waals surface area contributed by atoms with Crippen LogP contribution in [0.15, 0.2) is 39.9 Å². The van der Waals surface area contributed by atoms with Gasteiger partial charge in [0.25, 0.3) is 0 Å². The minimum absolute atomic E-state index is 0.137. The van der Waals surface area contributed by atoms with Gasteiger partial charge >= 0.3 is 5.69 Å². The van der Waals surface area contributed by atoms with E-state index in [1.54, 1.807) is 36.0 Å². The molecular weight excluding hydrogens is 324 g/mol. The Balaban J connectivity index is 1.62. The lowest BCUT2D eigenvalue weighted by Crippen LogP contribution is -2.30. The summed E-state index contributed by atoms with van der Waals surface area (Å²) >= 11 is 0. The van der Waals surface area contributed by atoms with Gasteiger partial charge in [0.2, 0.25) is 5.91 Å². The lowest BCUT2D eigenvalue weighted by molar-refractivity contribution is -0.117. The molecule has 0 unspecified atom stereocenters. The van der Waals surface area contributed by atoms with E-state index in [1.807, 2.05) is 6.07 Å². The van der Waals surface area contributed by atoms with Gasteiger partial charge < -0.3 is 9.84 Å². The van der Waals surface area contributed by atoms with Crippen molar-refractivity contribution in [1.82, 2.24) is 24.5 Å². The Labute approximate surface area is 142 Å². The first-order chi connectivity index (χ1) is 12.1. The second kappa shape index (κ2) is 6.00. The first-order valence-corrected chi connectivity index (χ1v) is 7.95. The fourth-order valence-electron chi connectivity index (χ4n) is 2.62. The Morgan fingerprint density at radius 1 is 1.44 bits per heavy atom. The Morgan fingerprint density at radius 2 is 2.28 bits per heavy atom. The lowest BCUT2D eigenvalue weighted by atomic mass is 10.3. The number of aromatic nitrogens is 5. The number of hydrogen-bond donors (Lipinski definition) is 1. The summed E-state index contributed by atoms with van der Waals surface area (Å²) in [5.74, 6) is 1.04. The van der Waals surface area contributed by atoms with Crippen LogP contribution in [0.1, 0.15) is 24.6 Å². The molecule has 0 aromatic carbocycles. The standard InChI is InChI=1S/C16H16N6O3/c1-10-7-13(20-25-10)18-14(23)9-21-16(24)22(12-4-5-12)15(19-21)11-3-2-6-17-8-11/h2-3,6-8,12H,4-5,9H2,1H3,(H,18,20,23). The smallest absolute Gasteiger partial charge is 0.346 e. The molecule has 128 valence electrons. The van der Waals surface area contributed by atoms with E-state index in [1.165, 1.54) is 4.68 Å². The van der Waals surface area contributed by atoms with E-state index in [9.17, 15) is 9.59 Å². The summed E-state index contributed by atoms with van der Waals surface area (Å²) in [6, 6.07) is 5.37. The number of nitrogens with zero attached hydrogens (tertiary/aromatic N) is 5. The van der Waals surface area contributed by atoms with Crippen molar-refractivity contribution < 1.29 is 9.32 Å². The van der Waals surface area contributed by atoms with E-state index in [-0.39, 0.29) is 18.3 Å². The second-order valence-corrected chi connectivity index (χ2v) is 5.98. The molecule has 1 amide bonds. The highest BCUT2D eigenvalue weighted by molar-refractivity contribution is 5.89. The average molecular weight is 340 g/mol. The van der Waals surface area contributed by atoms with Crippen molar-refractivity contribution >= 4 is 11.7 Å². The Kier molecular flexibility index (Phi) is 3.68. The number of pyridine rings is 1. The Morgan fingerprint density at radius 3 is 2.92 bits per heavy atom. The monoisotopic (exact) mass is 340 g/mol. The molecule has 9 heteroatoms. The molecule has 3 heterocycles. The van der Waals surface area contributed by atoms with Crippen molar-refractivity contribution in [1.29, 1.82) is 0 Å². The summed E-state index contributed by atoms with van der Waals surface area (Å²) < 4.78 is 7.71. The predicted octanol–water partition coefficient (Wildman–Crippen LogP) is 1.38. The van der Waals surface area contributed by atoms with E-state index < -0.39 is 5.91 Å². The number of rotatable bonds is 5. The molecule has 0 atom stereocenters. The van der Waals surface area contributed by atoms with Gasteiger partial charge in [-0.2, -0.15) is 0 Å². The van der Waals surface area contributed by atoms with E-state index in [0.29, 0.717) is 17.4 Å². The maximum Gasteiger partial charge on any atom is 0.346 e. The number of amides is 1. The molecule has 1 aliphatic rings. The van der Waals surface area contributed by atoms with Crippen molar-refractivity contribution in [2.45, 2.75) is 32.4 Å². The number of carbonyl (C=O) groups excluding carboxylic acids is 1. The first-order valence-electron chi connectivity index (χ1n) is 7.95. The van der Waals surface area contributed by atoms with E-state index in [0.717, 1.165) is 18.4 Å². The van der Waals surface area contributed by atoms with Gasteiger partial charge in [-0.1, -0.05) is 5.16 Å². The highest BCUT2D eigenvalue weighted by Crippen LogP contribution is 2.36. The molecule has 9 nitrogen and oxygen atoms in total. The highest BCUT2D eigenvalue weighted by Gasteiger charge is 2.30. The summed E-state index contributed by atoms with van der Waals surface area (Å²) in [6.45, 7) is 1.53. The zero-order valence-corrected chi connectivity index (χ0v) is 13.5. The molecule has 0 aliphatic heterocycles. The van der Waals surface area contributed by atoms with Gasteiger partial charge in [-0.05, 0) is 31.9 Å². The van der Waals surface area contributed by atoms with Gasteiger partial charge in [0.05, 0.1) is 0 Å². The van der Waals surface area contributed by atoms with Crippen LogP contribution in [0.2, 0.25) is 0 Å². The molecule has 1 N–H and O–H groups in total. The molecule has 1 aliphatic carbocycles. The first kappa shape index (κ1) is 15.3. The zero-order chi connectivity index (χ0) is 17.4. The second-order valence-electron chi connectivity index (χ2n) is 5.98. The maximum atomic E-state index is 12.7. The molecule has 0 saturated heterocycles. The van der Waals surface area contributed by atoms with E-state index in [4.69, 9.17) is 4.52 Å². The quantitative estimate of drug-likeness (QED) is 0.752. The molecule has 3 aromatic heterocycles. The number of carbonyl (C=O) groups is 1. The molecule has 0 bridgehead atoms. The van der Waals surface area contributed by atoms with Crippen molar-refractivity contribution in [3.8, 4) is 11.4 Å². The van der Waals surface area contributed by atoms with Crippen molar-refractivity contribution in [3.63, 3.8) is 0 Å². The summed E-state index contributed by atoms with van der Waals surface area (Å²) in [6.07, 6.45) is 5.18. The van der Waals surface area contributed by atoms with Crippen LogP contribution >= 0.6 is 0 Å².